The van der Waals surface area contributed by atoms with E-state index in [0.717, 1.165) is 16.5 Å². The Balaban J connectivity index is 2.09. The normalized spacial score (nSPS) is 23.3. The lowest BCUT2D eigenvalue weighted by atomic mass is 9.72. The van der Waals surface area contributed by atoms with E-state index in [1.807, 2.05) is 54.6 Å². The minimum Gasteiger partial charge on any atom is -0.434 e. The number of benzene rings is 2. The van der Waals surface area contributed by atoms with Gasteiger partial charge < -0.3 is 19.9 Å². The fourth-order valence-corrected chi connectivity index (χ4v) is 3.83. The largest absolute Gasteiger partial charge is 0.434 e. The second-order valence-corrected chi connectivity index (χ2v) is 6.45. The van der Waals surface area contributed by atoms with Crippen LogP contribution in [0.25, 0.3) is 10.9 Å². The van der Waals surface area contributed by atoms with Crippen LogP contribution < -0.4 is 10.5 Å². The summed E-state index contributed by atoms with van der Waals surface area (Å²) in [4.78, 5) is 4.47. The quantitative estimate of drug-likeness (QED) is 0.722. The molecule has 0 aliphatic carbocycles. The van der Waals surface area contributed by atoms with Crippen molar-refractivity contribution >= 4 is 10.9 Å². The maximum atomic E-state index is 10.1. The highest BCUT2D eigenvalue weighted by molar-refractivity contribution is 5.87. The van der Waals surface area contributed by atoms with Gasteiger partial charge in [-0.25, -0.2) is 0 Å². The zero-order valence-electron chi connectivity index (χ0n) is 15.0. The van der Waals surface area contributed by atoms with Gasteiger partial charge in [-0.15, -0.1) is 0 Å². The lowest BCUT2D eigenvalue weighted by Crippen LogP contribution is -2.70. The summed E-state index contributed by atoms with van der Waals surface area (Å²) in [5, 5.41) is 11.0. The summed E-state index contributed by atoms with van der Waals surface area (Å²) in [7, 11) is 2.82. The van der Waals surface area contributed by atoms with Crippen LogP contribution in [0, 0.1) is 11.3 Å². The fraction of sp³-hybridized carbons (Fsp3) is 0.238. The molecule has 1 aliphatic heterocycles. The van der Waals surface area contributed by atoms with Crippen molar-refractivity contribution in [1.82, 2.24) is 4.98 Å². The van der Waals surface area contributed by atoms with Crippen LogP contribution in [-0.4, -0.2) is 30.7 Å². The number of aromatic nitrogens is 1. The van der Waals surface area contributed by atoms with Crippen LogP contribution in [0.2, 0.25) is 0 Å². The van der Waals surface area contributed by atoms with Crippen LogP contribution in [0.1, 0.15) is 17.0 Å². The molecule has 2 unspecified atom stereocenters. The van der Waals surface area contributed by atoms with Gasteiger partial charge >= 0.3 is 5.97 Å². The number of methoxy groups -OCH3 is 2. The zero-order valence-corrected chi connectivity index (χ0v) is 15.0. The number of hydrogen-bond acceptors (Lipinski definition) is 6. The van der Waals surface area contributed by atoms with Crippen molar-refractivity contribution in [2.45, 2.75) is 17.4 Å². The van der Waals surface area contributed by atoms with E-state index < -0.39 is 17.4 Å². The first-order chi connectivity index (χ1) is 13.1. The van der Waals surface area contributed by atoms with Gasteiger partial charge in [0.15, 0.2) is 5.75 Å². The van der Waals surface area contributed by atoms with Gasteiger partial charge in [0.05, 0.1) is 12.0 Å². The summed E-state index contributed by atoms with van der Waals surface area (Å²) in [5.74, 6) is -1.83. The molecule has 27 heavy (non-hydrogen) atoms. The predicted molar refractivity (Wildman–Crippen MR) is 99.9 cm³/mol. The van der Waals surface area contributed by atoms with Gasteiger partial charge in [-0.2, -0.15) is 5.26 Å². The van der Waals surface area contributed by atoms with Gasteiger partial charge in [-0.05, 0) is 11.6 Å². The summed E-state index contributed by atoms with van der Waals surface area (Å²) >= 11 is 0. The Kier molecular flexibility index (Phi) is 4.08. The number of nitrogens with two attached hydrogens (primary N) is 1. The molecule has 2 N–H and O–H groups in total. The number of nitrogens with zero attached hydrogens (tertiary/aromatic N) is 2. The van der Waals surface area contributed by atoms with E-state index in [1.165, 1.54) is 14.2 Å². The summed E-state index contributed by atoms with van der Waals surface area (Å²) in [5.41, 5.74) is 7.29. The third-order valence-electron chi connectivity index (χ3n) is 5.12. The third kappa shape index (κ3) is 2.33. The van der Waals surface area contributed by atoms with Crippen molar-refractivity contribution in [1.29, 1.82) is 5.26 Å². The van der Waals surface area contributed by atoms with Gasteiger partial charge in [0.25, 0.3) is 0 Å². The summed E-state index contributed by atoms with van der Waals surface area (Å²) < 4.78 is 17.3. The van der Waals surface area contributed by atoms with Crippen molar-refractivity contribution in [2.24, 2.45) is 5.73 Å². The van der Waals surface area contributed by atoms with Gasteiger partial charge in [0.2, 0.25) is 5.54 Å². The molecule has 0 saturated heterocycles. The molecule has 4 rings (SSSR count). The Morgan fingerprint density at radius 1 is 1.07 bits per heavy atom. The highest BCUT2D eigenvalue weighted by Gasteiger charge is 2.63. The van der Waals surface area contributed by atoms with E-state index in [-0.39, 0.29) is 0 Å². The first-order valence-electron chi connectivity index (χ1n) is 8.52. The molecule has 6 nitrogen and oxygen atoms in total. The highest BCUT2D eigenvalue weighted by Crippen LogP contribution is 2.51. The molecule has 0 amide bonds. The van der Waals surface area contributed by atoms with Crippen molar-refractivity contribution < 1.29 is 14.2 Å². The average Bonchev–Trinajstić information content (AvgIpc) is 2.73. The first kappa shape index (κ1) is 17.4. The lowest BCUT2D eigenvalue weighted by Gasteiger charge is -2.48. The highest BCUT2D eigenvalue weighted by atomic mass is 16.9. The van der Waals surface area contributed by atoms with Gasteiger partial charge in [-0.1, -0.05) is 48.5 Å². The van der Waals surface area contributed by atoms with Crippen molar-refractivity contribution in [3.8, 4) is 11.8 Å². The average molecular weight is 361 g/mol. The van der Waals surface area contributed by atoms with Crippen LogP contribution in [0.15, 0.2) is 60.8 Å². The maximum absolute atomic E-state index is 10.1. The minimum absolute atomic E-state index is 0.502. The Hall–Kier alpha value is -2.98. The molecule has 136 valence electrons. The Morgan fingerprint density at radius 2 is 1.81 bits per heavy atom. The van der Waals surface area contributed by atoms with E-state index in [2.05, 4.69) is 11.1 Å². The van der Waals surface area contributed by atoms with Crippen molar-refractivity contribution in [2.75, 3.05) is 14.2 Å². The fourth-order valence-electron chi connectivity index (χ4n) is 3.83. The number of hydrogen-bond donors (Lipinski definition) is 1. The van der Waals surface area contributed by atoms with E-state index in [4.69, 9.17) is 19.9 Å². The van der Waals surface area contributed by atoms with Crippen LogP contribution in [0.5, 0.6) is 5.75 Å². The Morgan fingerprint density at radius 3 is 2.48 bits per heavy atom. The number of nitriles is 1. The standard InChI is InChI=1S/C21H19N3O3/c1-25-21(26-2)20(23,13-22)17(14-7-4-3-5-8-14)16-11-10-15-9-6-12-24-18(15)19(16)27-21/h3-12,17H,23H2,1-2H3. The summed E-state index contributed by atoms with van der Waals surface area (Å²) in [6.07, 6.45) is 1.69. The molecule has 2 atom stereocenters. The van der Waals surface area contributed by atoms with Gasteiger partial charge in [0.1, 0.15) is 5.52 Å². The molecule has 0 radical (unpaired) electrons. The number of ether oxygens (including phenoxy) is 3. The van der Waals surface area contributed by atoms with E-state index in [0.29, 0.717) is 11.3 Å². The molecule has 0 bridgehead atoms. The van der Waals surface area contributed by atoms with Gasteiger partial charge in [0, 0.05) is 31.4 Å². The second kappa shape index (κ2) is 6.32. The van der Waals surface area contributed by atoms with Crippen LogP contribution in [-0.2, 0) is 9.47 Å². The molecule has 1 aromatic heterocycles. The SMILES string of the molecule is COC1(OC)Oc2c(ccc3cccnc23)C(c2ccccc2)C1(N)C#N. The number of fused-ring (bicyclic) bond motifs is 3. The van der Waals surface area contributed by atoms with Crippen molar-refractivity contribution in [3.63, 3.8) is 0 Å². The van der Waals surface area contributed by atoms with Crippen LogP contribution in [0.4, 0.5) is 0 Å². The minimum atomic E-state index is -1.79. The maximum Gasteiger partial charge on any atom is 0.361 e. The molecular formula is C21H19N3O3. The molecular weight excluding hydrogens is 342 g/mol. The molecule has 0 spiro atoms. The van der Waals surface area contributed by atoms with E-state index >= 15 is 0 Å². The number of pyridine rings is 1. The van der Waals surface area contributed by atoms with Gasteiger partial charge in [-0.3, -0.25) is 4.98 Å². The van der Waals surface area contributed by atoms with Crippen LogP contribution in [0.3, 0.4) is 0 Å². The molecule has 2 heterocycles. The first-order valence-corrected chi connectivity index (χ1v) is 8.52. The summed E-state index contributed by atoms with van der Waals surface area (Å²) in [6.45, 7) is 0. The molecule has 2 aromatic carbocycles. The van der Waals surface area contributed by atoms with Crippen LogP contribution >= 0.6 is 0 Å². The molecule has 0 fully saturated rings. The molecule has 0 saturated carbocycles. The molecule has 3 aromatic rings. The number of rotatable bonds is 3. The Labute approximate surface area is 157 Å². The van der Waals surface area contributed by atoms with E-state index in [9.17, 15) is 5.26 Å². The topological polar surface area (TPSA) is 90.4 Å². The van der Waals surface area contributed by atoms with E-state index in [1.54, 1.807) is 6.20 Å². The predicted octanol–water partition coefficient (Wildman–Crippen LogP) is 2.93. The smallest absolute Gasteiger partial charge is 0.361 e. The third-order valence-corrected chi connectivity index (χ3v) is 5.12. The van der Waals surface area contributed by atoms with Crippen molar-refractivity contribution in [3.05, 3.63) is 71.9 Å². The molecule has 1 aliphatic rings. The lowest BCUT2D eigenvalue weighted by molar-refractivity contribution is -0.352. The second-order valence-electron chi connectivity index (χ2n) is 6.45. The Bertz CT molecular complexity index is 1030. The molecule has 6 heteroatoms. The zero-order chi connectivity index (χ0) is 19.1. The monoisotopic (exact) mass is 361 g/mol. The summed E-state index contributed by atoms with van der Waals surface area (Å²) in [6, 6.07) is 19.4.